The van der Waals surface area contributed by atoms with Crippen molar-refractivity contribution in [2.75, 3.05) is 24.5 Å². The lowest BCUT2D eigenvalue weighted by Gasteiger charge is -2.30. The quantitative estimate of drug-likeness (QED) is 0.568. The molecule has 166 valence electrons. The van der Waals surface area contributed by atoms with E-state index >= 15 is 0 Å². The van der Waals surface area contributed by atoms with Gasteiger partial charge in [-0.15, -0.1) is 0 Å². The molecule has 2 aliphatic heterocycles. The van der Waals surface area contributed by atoms with Crippen molar-refractivity contribution in [3.63, 3.8) is 0 Å². The zero-order valence-corrected chi connectivity index (χ0v) is 18.3. The normalized spacial score (nSPS) is 20.8. The first-order valence-electron chi connectivity index (χ1n) is 11.1. The van der Waals surface area contributed by atoms with Crippen LogP contribution in [0.1, 0.15) is 35.9 Å². The lowest BCUT2D eigenvalue weighted by molar-refractivity contribution is -0.116. The fraction of sp³-hybridized carbons (Fsp3) is 0.222. The van der Waals surface area contributed by atoms with Crippen LogP contribution in [0.15, 0.2) is 78.0 Å². The van der Waals surface area contributed by atoms with Crippen LogP contribution < -0.4 is 24.8 Å². The second-order valence-corrected chi connectivity index (χ2v) is 8.52. The highest BCUT2D eigenvalue weighted by Crippen LogP contribution is 2.46. The standard InChI is InChI=1S/C27H24N2O4/c1-31-23-9-5-2-6-18(23)17-12-21-26(22(30)13-17)27(29-20-8-4-3-7-19(20)28-21)16-10-11-24-25(14-16)33-15-32-24/h2-11,14,17,27-29H,12-13,15H2,1H3/t17-,27-/m1/s1. The predicted octanol–water partition coefficient (Wildman–Crippen LogP) is 5.40. The molecule has 1 aliphatic carbocycles. The number of nitrogens with one attached hydrogen (secondary N) is 2. The minimum absolute atomic E-state index is 0.0440. The largest absolute Gasteiger partial charge is 0.496 e. The number of benzene rings is 3. The molecule has 0 saturated carbocycles. The van der Waals surface area contributed by atoms with E-state index in [-0.39, 0.29) is 24.5 Å². The van der Waals surface area contributed by atoms with Crippen molar-refractivity contribution in [2.45, 2.75) is 24.8 Å². The van der Waals surface area contributed by atoms with Crippen LogP contribution in [0.5, 0.6) is 17.2 Å². The highest BCUT2D eigenvalue weighted by Gasteiger charge is 2.37. The Kier molecular flexibility index (Phi) is 4.72. The molecule has 0 unspecified atom stereocenters. The van der Waals surface area contributed by atoms with Gasteiger partial charge in [0.15, 0.2) is 17.3 Å². The molecule has 2 N–H and O–H groups in total. The van der Waals surface area contributed by atoms with Gasteiger partial charge in [-0.2, -0.15) is 0 Å². The minimum atomic E-state index is -0.295. The average Bonchev–Trinajstić information content (AvgIpc) is 3.24. The molecule has 0 spiro atoms. The molecule has 0 radical (unpaired) electrons. The molecular weight excluding hydrogens is 416 g/mol. The van der Waals surface area contributed by atoms with Crippen molar-refractivity contribution in [2.24, 2.45) is 0 Å². The molecule has 0 aromatic heterocycles. The molecule has 0 fully saturated rings. The molecule has 3 aliphatic rings. The van der Waals surface area contributed by atoms with Crippen LogP contribution in [0.25, 0.3) is 0 Å². The number of anilines is 2. The smallest absolute Gasteiger partial charge is 0.231 e. The molecule has 2 heterocycles. The number of hydrogen-bond donors (Lipinski definition) is 2. The van der Waals surface area contributed by atoms with Crippen LogP contribution in [0.2, 0.25) is 0 Å². The molecule has 6 nitrogen and oxygen atoms in total. The van der Waals surface area contributed by atoms with Gasteiger partial charge in [0.1, 0.15) is 5.75 Å². The molecule has 6 heteroatoms. The lowest BCUT2D eigenvalue weighted by Crippen LogP contribution is -2.27. The topological polar surface area (TPSA) is 68.8 Å². The lowest BCUT2D eigenvalue weighted by atomic mass is 9.78. The number of para-hydroxylation sites is 3. The van der Waals surface area contributed by atoms with E-state index in [0.717, 1.165) is 51.7 Å². The van der Waals surface area contributed by atoms with E-state index in [1.165, 1.54) is 0 Å². The second kappa shape index (κ2) is 7.89. The van der Waals surface area contributed by atoms with Crippen molar-refractivity contribution in [3.8, 4) is 17.2 Å². The van der Waals surface area contributed by atoms with Gasteiger partial charge in [-0.1, -0.05) is 36.4 Å². The number of rotatable bonds is 3. The van der Waals surface area contributed by atoms with Gasteiger partial charge in [-0.25, -0.2) is 0 Å². The number of carbonyl (C=O) groups is 1. The molecule has 2 atom stereocenters. The van der Waals surface area contributed by atoms with E-state index in [2.05, 4.69) is 16.7 Å². The summed E-state index contributed by atoms with van der Waals surface area (Å²) in [5, 5.41) is 7.19. The van der Waals surface area contributed by atoms with E-state index in [0.29, 0.717) is 12.2 Å². The Labute approximate surface area is 192 Å². The summed E-state index contributed by atoms with van der Waals surface area (Å²) in [5.41, 5.74) is 5.66. The van der Waals surface area contributed by atoms with Crippen molar-refractivity contribution >= 4 is 17.2 Å². The van der Waals surface area contributed by atoms with Crippen molar-refractivity contribution in [1.29, 1.82) is 0 Å². The first-order chi connectivity index (χ1) is 16.2. The molecule has 0 amide bonds. The molecule has 6 rings (SSSR count). The van der Waals surface area contributed by atoms with Gasteiger partial charge in [0.2, 0.25) is 6.79 Å². The number of ketones is 1. The number of allylic oxidation sites excluding steroid dienone is 1. The number of Topliss-reactive ketones (excluding diaryl/α,β-unsaturated/α-hetero) is 1. The average molecular weight is 440 g/mol. The van der Waals surface area contributed by atoms with Gasteiger partial charge in [-0.05, 0) is 47.9 Å². The first kappa shape index (κ1) is 19.7. The number of hydrogen-bond acceptors (Lipinski definition) is 6. The minimum Gasteiger partial charge on any atom is -0.496 e. The third kappa shape index (κ3) is 3.39. The highest BCUT2D eigenvalue weighted by molar-refractivity contribution is 6.01. The van der Waals surface area contributed by atoms with Gasteiger partial charge < -0.3 is 24.8 Å². The molecule has 33 heavy (non-hydrogen) atoms. The van der Waals surface area contributed by atoms with E-state index in [1.807, 2.05) is 60.7 Å². The Morgan fingerprint density at radius 2 is 1.70 bits per heavy atom. The Bertz CT molecular complexity index is 1280. The van der Waals surface area contributed by atoms with Gasteiger partial charge in [-0.3, -0.25) is 4.79 Å². The van der Waals surface area contributed by atoms with E-state index < -0.39 is 0 Å². The molecule has 3 aromatic carbocycles. The fourth-order valence-corrected chi connectivity index (χ4v) is 5.06. The van der Waals surface area contributed by atoms with Crippen LogP contribution in [0, 0.1) is 0 Å². The Balaban J connectivity index is 1.46. The maximum absolute atomic E-state index is 13.7. The number of methoxy groups -OCH3 is 1. The second-order valence-electron chi connectivity index (χ2n) is 8.52. The summed E-state index contributed by atoms with van der Waals surface area (Å²) in [7, 11) is 1.67. The van der Waals surface area contributed by atoms with Crippen LogP contribution in [-0.4, -0.2) is 19.7 Å². The number of ether oxygens (including phenoxy) is 3. The van der Waals surface area contributed by atoms with Crippen molar-refractivity contribution < 1.29 is 19.0 Å². The van der Waals surface area contributed by atoms with Crippen LogP contribution in [-0.2, 0) is 4.79 Å². The maximum Gasteiger partial charge on any atom is 0.231 e. The summed E-state index contributed by atoms with van der Waals surface area (Å²) < 4.78 is 16.7. The predicted molar refractivity (Wildman–Crippen MR) is 126 cm³/mol. The van der Waals surface area contributed by atoms with Gasteiger partial charge in [0, 0.05) is 23.6 Å². The fourth-order valence-electron chi connectivity index (χ4n) is 5.06. The zero-order valence-electron chi connectivity index (χ0n) is 18.3. The van der Waals surface area contributed by atoms with Crippen LogP contribution in [0.4, 0.5) is 11.4 Å². The molecule has 0 bridgehead atoms. The monoisotopic (exact) mass is 440 g/mol. The molecule has 0 saturated heterocycles. The third-order valence-electron chi connectivity index (χ3n) is 6.62. The first-order valence-corrected chi connectivity index (χ1v) is 11.1. The molecular formula is C27H24N2O4. The van der Waals surface area contributed by atoms with Crippen LogP contribution in [0.3, 0.4) is 0 Å². The summed E-state index contributed by atoms with van der Waals surface area (Å²) in [6.07, 6.45) is 1.15. The SMILES string of the molecule is COc1ccccc1[C@H]1CC(=O)C2=C(C1)Nc1ccccc1N[C@@H]2c1ccc2c(c1)OCO2. The Hall–Kier alpha value is -3.93. The molecule has 3 aromatic rings. The summed E-state index contributed by atoms with van der Waals surface area (Å²) in [6, 6.07) is 21.6. The third-order valence-corrected chi connectivity index (χ3v) is 6.62. The van der Waals surface area contributed by atoms with Gasteiger partial charge in [0.25, 0.3) is 0 Å². The van der Waals surface area contributed by atoms with Gasteiger partial charge >= 0.3 is 0 Å². The summed E-state index contributed by atoms with van der Waals surface area (Å²) in [5.74, 6) is 2.42. The zero-order chi connectivity index (χ0) is 22.4. The Morgan fingerprint density at radius 1 is 0.909 bits per heavy atom. The van der Waals surface area contributed by atoms with Crippen LogP contribution >= 0.6 is 0 Å². The van der Waals surface area contributed by atoms with Crippen molar-refractivity contribution in [3.05, 3.63) is 89.1 Å². The summed E-state index contributed by atoms with van der Waals surface area (Å²) >= 11 is 0. The van der Waals surface area contributed by atoms with Gasteiger partial charge in [0.05, 0.1) is 24.5 Å². The maximum atomic E-state index is 13.7. The summed E-state index contributed by atoms with van der Waals surface area (Å²) in [4.78, 5) is 13.7. The van der Waals surface area contributed by atoms with E-state index in [4.69, 9.17) is 14.2 Å². The highest BCUT2D eigenvalue weighted by atomic mass is 16.7. The summed E-state index contributed by atoms with van der Waals surface area (Å²) in [6.45, 7) is 0.217. The number of fused-ring (bicyclic) bond motifs is 2. The van der Waals surface area contributed by atoms with Crippen molar-refractivity contribution in [1.82, 2.24) is 0 Å². The number of carbonyl (C=O) groups excluding carboxylic acids is 1. The van der Waals surface area contributed by atoms with E-state index in [1.54, 1.807) is 7.11 Å². The Morgan fingerprint density at radius 3 is 2.58 bits per heavy atom. The van der Waals surface area contributed by atoms with E-state index in [9.17, 15) is 4.79 Å².